The number of hydrogen-bond acceptors (Lipinski definition) is 6. The van der Waals surface area contributed by atoms with Gasteiger partial charge in [0, 0.05) is 13.2 Å². The Hall–Kier alpha value is 1.75. The van der Waals surface area contributed by atoms with E-state index in [1.165, 1.54) is 127 Å². The third-order valence-corrected chi connectivity index (χ3v) is 24.2. The van der Waals surface area contributed by atoms with Crippen LogP contribution in [0.25, 0.3) is 0 Å². The summed E-state index contributed by atoms with van der Waals surface area (Å²) in [6, 6.07) is 5.86. The molecule has 0 aliphatic heterocycles. The highest BCUT2D eigenvalue weighted by Gasteiger charge is 2.27. The molecule has 0 radical (unpaired) electrons. The Bertz CT molecular complexity index is 406. The Labute approximate surface area is 258 Å². The molecular formula is C30H66O2S4Si2. The van der Waals surface area contributed by atoms with Gasteiger partial charge in [0.15, 0.2) is 0 Å². The molecular weight excluding hydrogens is 577 g/mol. The summed E-state index contributed by atoms with van der Waals surface area (Å²) in [6.45, 7) is 15.8. The summed E-state index contributed by atoms with van der Waals surface area (Å²) in [5.41, 5.74) is 0. The molecule has 0 aromatic heterocycles. The Kier molecular flexibility index (Phi) is 33.1. The maximum atomic E-state index is 6.63. The molecule has 2 atom stereocenters. The minimum absolute atomic E-state index is 0.468. The number of ether oxygens (including phenoxy) is 2. The molecule has 0 aromatic rings. The molecule has 0 fully saturated rings. The van der Waals surface area contributed by atoms with Gasteiger partial charge >= 0.3 is 0 Å². The van der Waals surface area contributed by atoms with E-state index in [2.05, 4.69) is 63.1 Å². The lowest BCUT2D eigenvalue weighted by molar-refractivity contribution is 0.150. The SMILES string of the molecule is CCCCC[SiH](CCCCC)C(OCCCC)SSSSC(OCCCC)[SiH](CCCCC)CCCCC. The number of unbranched alkanes of at least 4 members (excludes halogenated alkanes) is 10. The van der Waals surface area contributed by atoms with Crippen molar-refractivity contribution in [3.05, 3.63) is 0 Å². The van der Waals surface area contributed by atoms with E-state index in [0.29, 0.717) is 10.1 Å². The monoisotopic (exact) mass is 642 g/mol. The average Bonchev–Trinajstić information content (AvgIpc) is 2.92. The van der Waals surface area contributed by atoms with Crippen LogP contribution in [-0.4, -0.2) is 40.9 Å². The van der Waals surface area contributed by atoms with Crippen LogP contribution in [-0.2, 0) is 9.47 Å². The smallest absolute Gasteiger partial charge is 0.0988 e. The lowest BCUT2D eigenvalue weighted by Crippen LogP contribution is -2.31. The Morgan fingerprint density at radius 2 is 0.711 bits per heavy atom. The Morgan fingerprint density at radius 3 is 0.974 bits per heavy atom. The van der Waals surface area contributed by atoms with Gasteiger partial charge in [-0.3, -0.25) is 0 Å². The minimum atomic E-state index is -0.928. The maximum Gasteiger partial charge on any atom is 0.0988 e. The van der Waals surface area contributed by atoms with Gasteiger partial charge in [0.2, 0.25) is 0 Å². The van der Waals surface area contributed by atoms with Crippen LogP contribution in [0.5, 0.6) is 0 Å². The van der Waals surface area contributed by atoms with Gasteiger partial charge in [0.25, 0.3) is 0 Å². The zero-order chi connectivity index (χ0) is 28.1. The summed E-state index contributed by atoms with van der Waals surface area (Å²) in [6.07, 6.45) is 21.4. The molecule has 230 valence electrons. The molecule has 0 aliphatic rings. The molecule has 2 nitrogen and oxygen atoms in total. The molecule has 0 saturated heterocycles. The normalized spacial score (nSPS) is 13.6. The standard InChI is InChI=1S/C30H66O2S4Si2/c1-7-13-19-25-37(26-20-14-8-2)29(31-23-17-11-5)33-35-36-34-30(32-24-18-12-6)38(27-21-15-9-3)28-22-16-10-4/h29-30,37-38H,7-28H2,1-6H3. The summed E-state index contributed by atoms with van der Waals surface area (Å²) in [5, 5.41) is 0.935. The van der Waals surface area contributed by atoms with Gasteiger partial charge in [-0.25, -0.2) is 0 Å². The minimum Gasteiger partial charge on any atom is -0.371 e. The van der Waals surface area contributed by atoms with E-state index in [1.807, 2.05) is 19.7 Å². The largest absolute Gasteiger partial charge is 0.371 e. The summed E-state index contributed by atoms with van der Waals surface area (Å²) in [5.74, 6) is 0. The van der Waals surface area contributed by atoms with Crippen LogP contribution in [0.3, 0.4) is 0 Å². The molecule has 0 heterocycles. The van der Waals surface area contributed by atoms with Crippen LogP contribution >= 0.6 is 41.2 Å². The number of rotatable bonds is 31. The molecule has 0 aliphatic carbocycles. The molecule has 0 amide bonds. The molecule has 0 bridgehead atoms. The van der Waals surface area contributed by atoms with Gasteiger partial charge in [-0.15, -0.1) is 0 Å². The van der Waals surface area contributed by atoms with Crippen LogP contribution in [0.15, 0.2) is 0 Å². The van der Waals surface area contributed by atoms with E-state index in [-0.39, 0.29) is 0 Å². The third-order valence-electron chi connectivity index (χ3n) is 7.34. The summed E-state index contributed by atoms with van der Waals surface area (Å²) < 4.78 is 13.3. The van der Waals surface area contributed by atoms with Gasteiger partial charge in [-0.1, -0.05) is 177 Å². The average molecular weight is 643 g/mol. The molecule has 0 aromatic carbocycles. The van der Waals surface area contributed by atoms with Gasteiger partial charge in [-0.2, -0.15) is 0 Å². The first kappa shape index (κ1) is 39.8. The summed E-state index contributed by atoms with van der Waals surface area (Å²) in [4.78, 5) is 0. The fourth-order valence-corrected chi connectivity index (χ4v) is 23.9. The maximum absolute atomic E-state index is 6.63. The van der Waals surface area contributed by atoms with Crippen molar-refractivity contribution in [2.75, 3.05) is 13.2 Å². The van der Waals surface area contributed by atoms with Crippen LogP contribution in [0, 0.1) is 0 Å². The van der Waals surface area contributed by atoms with Crippen molar-refractivity contribution in [1.29, 1.82) is 0 Å². The van der Waals surface area contributed by atoms with Crippen molar-refractivity contribution in [3.8, 4) is 0 Å². The van der Waals surface area contributed by atoms with Crippen molar-refractivity contribution in [1.82, 2.24) is 0 Å². The lowest BCUT2D eigenvalue weighted by Gasteiger charge is -2.27. The molecule has 0 N–H and O–H groups in total. The molecule has 2 unspecified atom stereocenters. The summed E-state index contributed by atoms with van der Waals surface area (Å²) >= 11 is 0. The van der Waals surface area contributed by atoms with Crippen molar-refractivity contribution < 1.29 is 9.47 Å². The van der Waals surface area contributed by atoms with Crippen LogP contribution < -0.4 is 0 Å². The Morgan fingerprint density at radius 1 is 0.421 bits per heavy atom. The van der Waals surface area contributed by atoms with E-state index in [1.54, 1.807) is 0 Å². The van der Waals surface area contributed by atoms with Crippen molar-refractivity contribution >= 4 is 58.8 Å². The highest BCUT2D eigenvalue weighted by Crippen LogP contribution is 2.49. The fourth-order valence-electron chi connectivity index (χ4n) is 4.74. The highest BCUT2D eigenvalue weighted by atomic mass is 33.7. The molecule has 0 rings (SSSR count). The highest BCUT2D eigenvalue weighted by molar-refractivity contribution is 9.26. The third kappa shape index (κ3) is 23.3. The van der Waals surface area contributed by atoms with E-state index < -0.39 is 17.6 Å². The summed E-state index contributed by atoms with van der Waals surface area (Å²) in [7, 11) is 6.33. The number of hydrogen-bond donors (Lipinski definition) is 0. The first-order valence-corrected chi connectivity index (χ1v) is 26.1. The quantitative estimate of drug-likeness (QED) is 0.0322. The molecule has 38 heavy (non-hydrogen) atoms. The van der Waals surface area contributed by atoms with Crippen LogP contribution in [0.2, 0.25) is 24.2 Å². The second-order valence-electron chi connectivity index (χ2n) is 11.0. The van der Waals surface area contributed by atoms with Gasteiger partial charge in [-0.05, 0) is 32.5 Å². The second-order valence-corrected chi connectivity index (χ2v) is 24.6. The van der Waals surface area contributed by atoms with Gasteiger partial charge in [0.05, 0.1) is 27.7 Å². The van der Waals surface area contributed by atoms with Crippen molar-refractivity contribution in [2.24, 2.45) is 0 Å². The fraction of sp³-hybridized carbons (Fsp3) is 1.00. The van der Waals surface area contributed by atoms with Gasteiger partial charge in [0.1, 0.15) is 0 Å². The molecule has 0 spiro atoms. The lowest BCUT2D eigenvalue weighted by atomic mass is 10.3. The zero-order valence-corrected chi connectivity index (χ0v) is 31.9. The predicted molar refractivity (Wildman–Crippen MR) is 191 cm³/mol. The van der Waals surface area contributed by atoms with E-state index in [9.17, 15) is 0 Å². The molecule has 8 heteroatoms. The van der Waals surface area contributed by atoms with E-state index >= 15 is 0 Å². The van der Waals surface area contributed by atoms with Gasteiger partial charge < -0.3 is 9.47 Å². The van der Waals surface area contributed by atoms with Crippen LogP contribution in [0.4, 0.5) is 0 Å². The predicted octanol–water partition coefficient (Wildman–Crippen LogP) is 12.2. The first-order chi connectivity index (χ1) is 18.7. The Balaban J connectivity index is 5.14. The first-order valence-electron chi connectivity index (χ1n) is 16.6. The van der Waals surface area contributed by atoms with Crippen LogP contribution in [0.1, 0.15) is 144 Å². The van der Waals surface area contributed by atoms with E-state index in [0.717, 1.165) is 13.2 Å². The zero-order valence-electron chi connectivity index (χ0n) is 26.3. The van der Waals surface area contributed by atoms with Crippen molar-refractivity contribution in [3.63, 3.8) is 0 Å². The topological polar surface area (TPSA) is 18.5 Å². The van der Waals surface area contributed by atoms with E-state index in [4.69, 9.17) is 9.47 Å². The second kappa shape index (κ2) is 31.7. The molecule has 0 saturated carbocycles. The van der Waals surface area contributed by atoms with Crippen molar-refractivity contribution in [2.45, 2.75) is 179 Å².